The van der Waals surface area contributed by atoms with E-state index in [9.17, 15) is 9.90 Å². The first kappa shape index (κ1) is 17.1. The predicted octanol–water partition coefficient (Wildman–Crippen LogP) is 3.87. The van der Waals surface area contributed by atoms with E-state index < -0.39 is 5.97 Å². The molecule has 0 bridgehead atoms. The van der Waals surface area contributed by atoms with Crippen LogP contribution in [-0.4, -0.2) is 29.3 Å². The van der Waals surface area contributed by atoms with Gasteiger partial charge < -0.3 is 14.9 Å². The van der Waals surface area contributed by atoms with Crippen LogP contribution in [0.5, 0.6) is 0 Å². The highest BCUT2D eigenvalue weighted by molar-refractivity contribution is 5.72. The number of hydrogen-bond donors (Lipinski definition) is 2. The Hall–Kier alpha value is -1.36. The van der Waals surface area contributed by atoms with Gasteiger partial charge in [0.1, 0.15) is 5.76 Å². The van der Waals surface area contributed by atoms with E-state index >= 15 is 0 Å². The molecule has 2 atom stereocenters. The van der Waals surface area contributed by atoms with Gasteiger partial charge in [-0.1, -0.05) is 25.9 Å². The van der Waals surface area contributed by atoms with Crippen molar-refractivity contribution in [3.05, 3.63) is 17.0 Å². The first-order chi connectivity index (χ1) is 11.8. The summed E-state index contributed by atoms with van der Waals surface area (Å²) < 4.78 is 5.85. The molecule has 0 radical (unpaired) electrons. The van der Waals surface area contributed by atoms with E-state index in [-0.39, 0.29) is 11.8 Å². The van der Waals surface area contributed by atoms with Crippen LogP contribution in [-0.2, 0) is 4.79 Å². The van der Waals surface area contributed by atoms with Crippen molar-refractivity contribution in [2.24, 2.45) is 17.3 Å². The van der Waals surface area contributed by atoms with Gasteiger partial charge in [0, 0.05) is 30.5 Å². The van der Waals surface area contributed by atoms with E-state index in [1.165, 1.54) is 37.7 Å². The zero-order chi connectivity index (χ0) is 17.8. The van der Waals surface area contributed by atoms with Gasteiger partial charge in [-0.2, -0.15) is 0 Å². The van der Waals surface area contributed by atoms with E-state index in [0.29, 0.717) is 30.3 Å². The van der Waals surface area contributed by atoms with Crippen LogP contribution in [0, 0.1) is 17.3 Å². The second-order valence-corrected chi connectivity index (χ2v) is 9.63. The maximum atomic E-state index is 11.6. The van der Waals surface area contributed by atoms with Crippen LogP contribution in [0.15, 0.2) is 4.52 Å². The average molecular weight is 346 g/mol. The molecule has 5 nitrogen and oxygen atoms in total. The average Bonchev–Trinajstić information content (AvgIpc) is 3.04. The molecule has 1 saturated heterocycles. The summed E-state index contributed by atoms with van der Waals surface area (Å²) in [4.78, 5) is 11.6. The van der Waals surface area contributed by atoms with Crippen molar-refractivity contribution in [3.8, 4) is 0 Å². The van der Waals surface area contributed by atoms with Crippen LogP contribution in [0.2, 0.25) is 0 Å². The van der Waals surface area contributed by atoms with Crippen LogP contribution in [0.3, 0.4) is 0 Å². The second kappa shape index (κ2) is 6.11. The largest absolute Gasteiger partial charge is 0.481 e. The minimum absolute atomic E-state index is 0.0453. The minimum atomic E-state index is -0.727. The molecule has 4 rings (SSSR count). The lowest BCUT2D eigenvalue weighted by Gasteiger charge is -2.38. The van der Waals surface area contributed by atoms with Gasteiger partial charge >= 0.3 is 5.97 Å². The molecule has 1 aromatic rings. The van der Waals surface area contributed by atoms with Crippen molar-refractivity contribution in [1.29, 1.82) is 0 Å². The molecule has 3 fully saturated rings. The zero-order valence-electron chi connectivity index (χ0n) is 15.5. The summed E-state index contributed by atoms with van der Waals surface area (Å²) in [5, 5.41) is 17.1. The van der Waals surface area contributed by atoms with Gasteiger partial charge in [-0.05, 0) is 49.4 Å². The van der Waals surface area contributed by atoms with Crippen LogP contribution in [0.25, 0.3) is 0 Å². The molecule has 0 spiro atoms. The first-order valence-corrected chi connectivity index (χ1v) is 9.76. The van der Waals surface area contributed by atoms with E-state index in [2.05, 4.69) is 31.2 Å². The molecule has 25 heavy (non-hydrogen) atoms. The van der Waals surface area contributed by atoms with E-state index in [4.69, 9.17) is 4.52 Å². The van der Waals surface area contributed by atoms with Crippen molar-refractivity contribution in [1.82, 2.24) is 10.5 Å². The minimum Gasteiger partial charge on any atom is -0.481 e. The quantitative estimate of drug-likeness (QED) is 0.846. The summed E-state index contributed by atoms with van der Waals surface area (Å²) >= 11 is 0. The second-order valence-electron chi connectivity index (χ2n) is 9.63. The summed E-state index contributed by atoms with van der Waals surface area (Å²) in [5.74, 6) is 1.75. The molecule has 138 valence electrons. The Balaban J connectivity index is 1.53. The summed E-state index contributed by atoms with van der Waals surface area (Å²) in [5.41, 5.74) is 2.60. The summed E-state index contributed by atoms with van der Waals surface area (Å²) in [6, 6.07) is 0. The Morgan fingerprint density at radius 3 is 2.56 bits per heavy atom. The molecule has 5 heteroatoms. The molecule has 1 aliphatic heterocycles. The van der Waals surface area contributed by atoms with Gasteiger partial charge in [-0.25, -0.2) is 0 Å². The molecule has 2 N–H and O–H groups in total. The molecule has 0 aromatic carbocycles. The topological polar surface area (TPSA) is 75.4 Å². The molecular weight excluding hydrogens is 316 g/mol. The van der Waals surface area contributed by atoms with Crippen molar-refractivity contribution in [2.45, 2.75) is 70.6 Å². The maximum Gasteiger partial charge on any atom is 0.308 e. The third-order valence-corrected chi connectivity index (χ3v) is 6.16. The number of carboxylic acid groups (broad SMARTS) is 1. The fourth-order valence-corrected chi connectivity index (χ4v) is 4.88. The normalized spacial score (nSPS) is 32.6. The number of carbonyl (C=O) groups is 1. The van der Waals surface area contributed by atoms with Gasteiger partial charge in [0.2, 0.25) is 0 Å². The molecule has 0 amide bonds. The molecule has 2 saturated carbocycles. The summed E-state index contributed by atoms with van der Waals surface area (Å²) in [6.45, 7) is 8.15. The monoisotopic (exact) mass is 346 g/mol. The maximum absolute atomic E-state index is 11.6. The number of nitrogens with zero attached hydrogens (tertiary/aromatic N) is 1. The Labute approximate surface area is 149 Å². The number of aliphatic carboxylic acids is 1. The third-order valence-electron chi connectivity index (χ3n) is 6.16. The van der Waals surface area contributed by atoms with E-state index in [0.717, 1.165) is 17.4 Å². The van der Waals surface area contributed by atoms with Crippen molar-refractivity contribution in [2.75, 3.05) is 13.1 Å². The molecule has 3 aliphatic rings. The Bertz CT molecular complexity index is 650. The van der Waals surface area contributed by atoms with E-state index in [1.54, 1.807) is 0 Å². The first-order valence-electron chi connectivity index (χ1n) is 9.76. The fraction of sp³-hybridized carbons (Fsp3) is 0.800. The number of nitrogens with one attached hydrogen (secondary N) is 1. The lowest BCUT2D eigenvalue weighted by atomic mass is 9.66. The molecule has 0 unspecified atom stereocenters. The van der Waals surface area contributed by atoms with Crippen LogP contribution in [0.4, 0.5) is 0 Å². The lowest BCUT2D eigenvalue weighted by Crippen LogP contribution is -2.26. The van der Waals surface area contributed by atoms with Crippen LogP contribution in [0.1, 0.15) is 87.6 Å². The Kier molecular flexibility index (Phi) is 4.18. The third kappa shape index (κ3) is 3.35. The number of hydrogen-bond acceptors (Lipinski definition) is 4. The molecule has 2 heterocycles. The number of rotatable bonds is 5. The fourth-order valence-electron chi connectivity index (χ4n) is 4.88. The number of carboxylic acids is 1. The van der Waals surface area contributed by atoms with Gasteiger partial charge in [-0.15, -0.1) is 0 Å². The Morgan fingerprint density at radius 1 is 1.24 bits per heavy atom. The Morgan fingerprint density at radius 2 is 1.96 bits per heavy atom. The van der Waals surface area contributed by atoms with Crippen LogP contribution < -0.4 is 5.32 Å². The van der Waals surface area contributed by atoms with Gasteiger partial charge in [-0.3, -0.25) is 4.79 Å². The molecule has 2 aliphatic carbocycles. The summed E-state index contributed by atoms with van der Waals surface area (Å²) in [6.07, 6.45) is 6.03. The van der Waals surface area contributed by atoms with Crippen molar-refractivity contribution < 1.29 is 14.4 Å². The van der Waals surface area contributed by atoms with Gasteiger partial charge in [0.15, 0.2) is 0 Å². The molecular formula is C20H30N2O3. The zero-order valence-corrected chi connectivity index (χ0v) is 15.5. The van der Waals surface area contributed by atoms with Gasteiger partial charge in [0.05, 0.1) is 11.6 Å². The standard InChI is InChI=1S/C20H30N2O3/c1-20(2,3)8-11-6-13(7-11)18-16(12-4-5-12)17(22-25-18)14-9-21-10-15(14)19(23)24/h11-15,21H,4-10H2,1-3H3,(H,23,24)/t11?,13?,14-,15-/m0/s1. The number of aromatic nitrogens is 1. The van der Waals surface area contributed by atoms with Crippen molar-refractivity contribution >= 4 is 5.97 Å². The highest BCUT2D eigenvalue weighted by atomic mass is 16.5. The lowest BCUT2D eigenvalue weighted by molar-refractivity contribution is -0.141. The van der Waals surface area contributed by atoms with Crippen LogP contribution >= 0.6 is 0 Å². The van der Waals surface area contributed by atoms with E-state index in [1.807, 2.05) is 0 Å². The SMILES string of the molecule is CC(C)(C)CC1CC(c2onc([C@H]3CNC[C@@H]3C(=O)O)c2C2CC2)C1. The molecule has 1 aromatic heterocycles. The van der Waals surface area contributed by atoms with Gasteiger partial charge in [0.25, 0.3) is 0 Å². The predicted molar refractivity (Wildman–Crippen MR) is 94.8 cm³/mol. The smallest absolute Gasteiger partial charge is 0.308 e. The van der Waals surface area contributed by atoms with Crippen molar-refractivity contribution in [3.63, 3.8) is 0 Å². The highest BCUT2D eigenvalue weighted by Gasteiger charge is 2.45. The highest BCUT2D eigenvalue weighted by Crippen LogP contribution is 2.53. The summed E-state index contributed by atoms with van der Waals surface area (Å²) in [7, 11) is 0.